The molecule has 2 aromatic rings. The van der Waals surface area contributed by atoms with Gasteiger partial charge in [0.15, 0.2) is 8.32 Å². The monoisotopic (exact) mass is 487 g/mol. The zero-order valence-electron chi connectivity index (χ0n) is 21.0. The number of azide groups is 1. The number of rotatable bonds is 13. The molecule has 186 valence electrons. The van der Waals surface area contributed by atoms with E-state index >= 15 is 0 Å². The van der Waals surface area contributed by atoms with E-state index in [1.54, 1.807) is 31.4 Å². The van der Waals surface area contributed by atoms with Crippen LogP contribution in [-0.4, -0.2) is 52.0 Å². The molecule has 0 radical (unpaired) electrons. The lowest BCUT2D eigenvalue weighted by molar-refractivity contribution is -0.0788. The Hall–Kier alpha value is -2.55. The van der Waals surface area contributed by atoms with Crippen LogP contribution in [0.3, 0.4) is 0 Å². The van der Waals surface area contributed by atoms with Crippen LogP contribution >= 0.6 is 0 Å². The fourth-order valence-electron chi connectivity index (χ4n) is 2.96. The third kappa shape index (κ3) is 8.34. The molecule has 0 aliphatic carbocycles. The van der Waals surface area contributed by atoms with Crippen molar-refractivity contribution in [3.05, 3.63) is 70.6 Å². The molecule has 0 amide bonds. The van der Waals surface area contributed by atoms with E-state index in [1.165, 1.54) is 0 Å². The van der Waals surface area contributed by atoms with E-state index in [9.17, 15) is 10.6 Å². The number of aliphatic hydroxyl groups is 1. The summed E-state index contributed by atoms with van der Waals surface area (Å²) in [5.41, 5.74) is 10.2. The Kier molecular flexibility index (Phi) is 10.4. The molecule has 8 nitrogen and oxygen atoms in total. The van der Waals surface area contributed by atoms with Crippen LogP contribution in [0.5, 0.6) is 11.5 Å². The fraction of sp³-hybridized carbons (Fsp3) is 0.520. The van der Waals surface area contributed by atoms with Crippen LogP contribution in [0.4, 0.5) is 0 Å². The van der Waals surface area contributed by atoms with Crippen molar-refractivity contribution in [2.75, 3.05) is 20.3 Å². The first kappa shape index (κ1) is 27.7. The lowest BCUT2D eigenvalue weighted by atomic mass is 10.1. The number of aliphatic hydroxyl groups excluding tert-OH is 1. The Bertz CT molecular complexity index is 912. The average molecular weight is 488 g/mol. The van der Waals surface area contributed by atoms with Gasteiger partial charge in [-0.25, -0.2) is 0 Å². The number of methoxy groups -OCH3 is 1. The largest absolute Gasteiger partial charge is 0.497 e. The molecule has 0 aliphatic heterocycles. The van der Waals surface area contributed by atoms with Crippen LogP contribution in [0, 0.1) is 0 Å². The van der Waals surface area contributed by atoms with E-state index in [1.807, 2.05) is 30.3 Å². The highest BCUT2D eigenvalue weighted by molar-refractivity contribution is 6.74. The van der Waals surface area contributed by atoms with Crippen LogP contribution in [-0.2, 0) is 15.8 Å². The van der Waals surface area contributed by atoms with Crippen molar-refractivity contribution in [2.24, 2.45) is 5.11 Å². The highest BCUT2D eigenvalue weighted by Crippen LogP contribution is 2.36. The number of ether oxygens (including phenoxy) is 3. The third-order valence-electron chi connectivity index (χ3n) is 6.15. The maximum absolute atomic E-state index is 11.1. The minimum atomic E-state index is -2.10. The predicted molar refractivity (Wildman–Crippen MR) is 136 cm³/mol. The molecular weight excluding hydrogens is 450 g/mol. The molecule has 0 aliphatic rings. The molecule has 9 heteroatoms. The van der Waals surface area contributed by atoms with E-state index in [4.69, 9.17) is 18.6 Å². The Morgan fingerprint density at radius 1 is 1.00 bits per heavy atom. The van der Waals surface area contributed by atoms with Crippen molar-refractivity contribution < 1.29 is 23.7 Å². The predicted octanol–water partition coefficient (Wildman–Crippen LogP) is 5.72. The first-order chi connectivity index (χ1) is 16.1. The first-order valence-electron chi connectivity index (χ1n) is 11.4. The summed E-state index contributed by atoms with van der Waals surface area (Å²) in [6.07, 6.45) is -1.83. The maximum Gasteiger partial charge on any atom is 0.192 e. The second-order valence-corrected chi connectivity index (χ2v) is 14.5. The van der Waals surface area contributed by atoms with Gasteiger partial charge in [-0.1, -0.05) is 56.2 Å². The molecule has 0 spiro atoms. The average Bonchev–Trinajstić information content (AvgIpc) is 2.81. The summed E-state index contributed by atoms with van der Waals surface area (Å²) in [5, 5.41) is 15.0. The molecule has 0 saturated carbocycles. The van der Waals surface area contributed by atoms with Gasteiger partial charge in [-0.05, 0) is 53.5 Å². The van der Waals surface area contributed by atoms with Crippen molar-refractivity contribution in [3.8, 4) is 11.5 Å². The molecule has 2 aromatic carbocycles. The zero-order chi connectivity index (χ0) is 25.2. The number of benzene rings is 2. The van der Waals surface area contributed by atoms with Crippen LogP contribution in [0.25, 0.3) is 10.4 Å². The van der Waals surface area contributed by atoms with Crippen LogP contribution in [0.1, 0.15) is 26.3 Å². The fourth-order valence-corrected chi connectivity index (χ4v) is 3.98. The molecule has 0 aromatic heterocycles. The molecule has 3 atom stereocenters. The van der Waals surface area contributed by atoms with Gasteiger partial charge in [0.25, 0.3) is 0 Å². The van der Waals surface area contributed by atoms with Crippen molar-refractivity contribution in [3.63, 3.8) is 0 Å². The Morgan fingerprint density at radius 3 is 2.18 bits per heavy atom. The number of hydrogen-bond acceptors (Lipinski definition) is 6. The van der Waals surface area contributed by atoms with E-state index < -0.39 is 26.6 Å². The standard InChI is InChI=1S/C25H37N3O5Si/c1-25(2,3)34(5,6)33-18-23(29)24(32-16-19-10-8-7-9-11-19)22(27-28-26)17-31-21-14-12-20(30-4)13-15-21/h7-15,22-24,29H,16-18H2,1-6H3/t22-,23+,24-/m0/s1. The van der Waals surface area contributed by atoms with Crippen LogP contribution < -0.4 is 9.47 Å². The van der Waals surface area contributed by atoms with Crippen molar-refractivity contribution in [1.29, 1.82) is 0 Å². The van der Waals surface area contributed by atoms with Gasteiger partial charge >= 0.3 is 0 Å². The summed E-state index contributed by atoms with van der Waals surface area (Å²) in [6, 6.07) is 16.0. The summed E-state index contributed by atoms with van der Waals surface area (Å²) in [5.74, 6) is 1.30. The second-order valence-electron chi connectivity index (χ2n) is 9.66. The van der Waals surface area contributed by atoms with Gasteiger partial charge in [-0.2, -0.15) is 0 Å². The van der Waals surface area contributed by atoms with Crippen molar-refractivity contribution in [2.45, 2.75) is 63.8 Å². The van der Waals surface area contributed by atoms with Crippen LogP contribution in [0.15, 0.2) is 59.7 Å². The quantitative estimate of drug-likeness (QED) is 0.168. The van der Waals surface area contributed by atoms with Crippen molar-refractivity contribution in [1.82, 2.24) is 0 Å². The summed E-state index contributed by atoms with van der Waals surface area (Å²) < 4.78 is 23.4. The lowest BCUT2D eigenvalue weighted by Crippen LogP contribution is -2.48. The summed E-state index contributed by atoms with van der Waals surface area (Å²) in [6.45, 7) is 11.0. The number of hydrogen-bond donors (Lipinski definition) is 1. The van der Waals surface area contributed by atoms with E-state index in [0.717, 1.165) is 5.56 Å². The topological polar surface area (TPSA) is 106 Å². The van der Waals surface area contributed by atoms with Gasteiger partial charge in [-0.3, -0.25) is 0 Å². The molecule has 0 bridgehead atoms. The molecule has 34 heavy (non-hydrogen) atoms. The third-order valence-corrected chi connectivity index (χ3v) is 10.6. The molecule has 0 unspecified atom stereocenters. The Morgan fingerprint density at radius 2 is 1.62 bits per heavy atom. The van der Waals surface area contributed by atoms with Gasteiger partial charge in [0.2, 0.25) is 0 Å². The highest BCUT2D eigenvalue weighted by atomic mass is 28.4. The summed E-state index contributed by atoms with van der Waals surface area (Å²) in [7, 11) is -0.503. The first-order valence-corrected chi connectivity index (χ1v) is 14.3. The normalized spacial score (nSPS) is 14.6. The number of nitrogens with zero attached hydrogens (tertiary/aromatic N) is 3. The minimum absolute atomic E-state index is 0.00516. The Balaban J connectivity index is 2.17. The van der Waals surface area contributed by atoms with E-state index in [2.05, 4.69) is 43.9 Å². The molecule has 0 fully saturated rings. The smallest absolute Gasteiger partial charge is 0.192 e. The van der Waals surface area contributed by atoms with Gasteiger partial charge in [0, 0.05) is 4.91 Å². The van der Waals surface area contributed by atoms with E-state index in [0.29, 0.717) is 11.5 Å². The molecule has 1 N–H and O–H groups in total. The summed E-state index contributed by atoms with van der Waals surface area (Å²) >= 11 is 0. The van der Waals surface area contributed by atoms with Gasteiger partial charge in [0.05, 0.1) is 33.0 Å². The molecule has 2 rings (SSSR count). The Labute approximate surface area is 203 Å². The zero-order valence-corrected chi connectivity index (χ0v) is 22.0. The van der Waals surface area contributed by atoms with Crippen molar-refractivity contribution >= 4 is 8.32 Å². The lowest BCUT2D eigenvalue weighted by Gasteiger charge is -2.38. The highest BCUT2D eigenvalue weighted by Gasteiger charge is 2.39. The SMILES string of the molecule is COc1ccc(OC[C@H](N=[N+]=[N-])[C@H](OCc2ccccc2)[C@H](O)CO[Si](C)(C)C(C)(C)C)cc1. The minimum Gasteiger partial charge on any atom is -0.497 e. The van der Waals surface area contributed by atoms with Gasteiger partial charge in [0.1, 0.15) is 23.6 Å². The maximum atomic E-state index is 11.1. The molecule has 0 heterocycles. The van der Waals surface area contributed by atoms with E-state index in [-0.39, 0.29) is 24.9 Å². The summed E-state index contributed by atoms with van der Waals surface area (Å²) in [4.78, 5) is 2.98. The van der Waals surface area contributed by atoms with Gasteiger partial charge in [-0.15, -0.1) is 0 Å². The molecular formula is C25H37N3O5Si. The second kappa shape index (κ2) is 12.8. The van der Waals surface area contributed by atoms with Gasteiger partial charge < -0.3 is 23.7 Å². The molecule has 0 saturated heterocycles. The van der Waals surface area contributed by atoms with Crippen LogP contribution in [0.2, 0.25) is 18.1 Å².